The Labute approximate surface area is 99.7 Å². The average Bonchev–Trinajstić information content (AvgIpc) is 2.85. The Balaban J connectivity index is 0.000000562. The van der Waals surface area contributed by atoms with E-state index in [-0.39, 0.29) is 30.4 Å². The van der Waals surface area contributed by atoms with Crippen molar-refractivity contribution in [2.45, 2.75) is 31.8 Å². The highest BCUT2D eigenvalue weighted by molar-refractivity contribution is 5.85. The fraction of sp³-hybridized carbons (Fsp3) is 0.556. The van der Waals surface area contributed by atoms with Crippen LogP contribution in [-0.2, 0) is 13.1 Å². The summed E-state index contributed by atoms with van der Waals surface area (Å²) in [6.07, 6.45) is 2.35. The number of hydrogen-bond donors (Lipinski definition) is 2. The van der Waals surface area contributed by atoms with Gasteiger partial charge >= 0.3 is 0 Å². The molecule has 2 aliphatic rings. The first kappa shape index (κ1) is 12.5. The molecule has 0 bridgehead atoms. The maximum absolute atomic E-state index is 11.5. The quantitative estimate of drug-likeness (QED) is 0.784. The molecular formula is C9H13Cl2N3O. The minimum atomic E-state index is 0. The molecule has 1 fully saturated rings. The van der Waals surface area contributed by atoms with Crippen LogP contribution in [0.2, 0.25) is 0 Å². The molecule has 6 heteroatoms. The van der Waals surface area contributed by atoms with Gasteiger partial charge in [0.05, 0.1) is 11.3 Å². The molecule has 2 N–H and O–H groups in total. The topological polar surface area (TPSA) is 57.8 Å². The highest BCUT2D eigenvalue weighted by Gasteiger charge is 2.28. The smallest absolute Gasteiger partial charge is 0.255 e. The molecule has 84 valence electrons. The van der Waals surface area contributed by atoms with Gasteiger partial charge in [0, 0.05) is 19.0 Å². The molecule has 3 rings (SSSR count). The van der Waals surface area contributed by atoms with Crippen LogP contribution in [-0.4, -0.2) is 9.97 Å². The van der Waals surface area contributed by atoms with Crippen LogP contribution in [0.25, 0.3) is 0 Å². The van der Waals surface area contributed by atoms with Gasteiger partial charge < -0.3 is 10.3 Å². The summed E-state index contributed by atoms with van der Waals surface area (Å²) in [7, 11) is 0. The van der Waals surface area contributed by atoms with Gasteiger partial charge in [-0.3, -0.25) is 4.79 Å². The van der Waals surface area contributed by atoms with Gasteiger partial charge in [0.15, 0.2) is 0 Å². The van der Waals surface area contributed by atoms with Gasteiger partial charge in [0.25, 0.3) is 5.56 Å². The van der Waals surface area contributed by atoms with Crippen molar-refractivity contribution in [2.75, 3.05) is 0 Å². The maximum Gasteiger partial charge on any atom is 0.255 e. The first-order chi connectivity index (χ1) is 6.34. The van der Waals surface area contributed by atoms with Crippen LogP contribution in [0.15, 0.2) is 4.79 Å². The number of aromatic amines is 1. The van der Waals surface area contributed by atoms with Crippen LogP contribution < -0.4 is 10.9 Å². The Bertz CT molecular complexity index is 414. The summed E-state index contributed by atoms with van der Waals surface area (Å²) in [6.45, 7) is 1.42. The molecule has 0 spiro atoms. The number of halogens is 2. The summed E-state index contributed by atoms with van der Waals surface area (Å²) in [5.41, 5.74) is 1.83. The number of rotatable bonds is 1. The molecule has 1 aliphatic carbocycles. The lowest BCUT2D eigenvalue weighted by Crippen LogP contribution is -2.16. The minimum absolute atomic E-state index is 0. The van der Waals surface area contributed by atoms with Gasteiger partial charge in [0.1, 0.15) is 5.82 Å². The van der Waals surface area contributed by atoms with Crippen LogP contribution in [0, 0.1) is 0 Å². The van der Waals surface area contributed by atoms with Gasteiger partial charge in [-0.25, -0.2) is 4.98 Å². The van der Waals surface area contributed by atoms with Crippen LogP contribution in [0.3, 0.4) is 0 Å². The van der Waals surface area contributed by atoms with Gasteiger partial charge in [-0.15, -0.1) is 24.8 Å². The highest BCUT2D eigenvalue weighted by atomic mass is 35.5. The van der Waals surface area contributed by atoms with Gasteiger partial charge in [0.2, 0.25) is 0 Å². The Morgan fingerprint density at radius 2 is 1.93 bits per heavy atom. The number of H-pyrrole nitrogens is 1. The zero-order valence-electron chi connectivity index (χ0n) is 8.08. The van der Waals surface area contributed by atoms with Gasteiger partial charge in [-0.2, -0.15) is 0 Å². The second-order valence-corrected chi connectivity index (χ2v) is 3.75. The second-order valence-electron chi connectivity index (χ2n) is 3.75. The van der Waals surface area contributed by atoms with E-state index in [0.29, 0.717) is 12.5 Å². The van der Waals surface area contributed by atoms with Gasteiger partial charge in [-0.1, -0.05) is 0 Å². The normalized spacial score (nSPS) is 17.6. The van der Waals surface area contributed by atoms with E-state index in [9.17, 15) is 4.79 Å². The Kier molecular flexibility index (Phi) is 3.76. The van der Waals surface area contributed by atoms with E-state index in [2.05, 4.69) is 15.3 Å². The van der Waals surface area contributed by atoms with Crippen molar-refractivity contribution >= 4 is 24.8 Å². The molecule has 0 radical (unpaired) electrons. The lowest BCUT2D eigenvalue weighted by molar-refractivity contribution is 0.755. The third-order valence-corrected chi connectivity index (χ3v) is 2.68. The molecule has 4 nitrogen and oxygen atoms in total. The molecule has 0 atom stereocenters. The van der Waals surface area contributed by atoms with Crippen molar-refractivity contribution in [1.82, 2.24) is 15.3 Å². The zero-order chi connectivity index (χ0) is 8.84. The van der Waals surface area contributed by atoms with Crippen LogP contribution >= 0.6 is 24.8 Å². The molecule has 2 heterocycles. The van der Waals surface area contributed by atoms with E-state index in [1.54, 1.807) is 0 Å². The largest absolute Gasteiger partial charge is 0.310 e. The molecule has 0 amide bonds. The third-order valence-electron chi connectivity index (χ3n) is 2.68. The number of fused-ring (bicyclic) bond motifs is 1. The van der Waals surface area contributed by atoms with E-state index in [1.807, 2.05) is 0 Å². The standard InChI is InChI=1S/C9H11N3O.2ClH/c13-9-6-3-10-4-7(6)11-8(12-9)5-1-2-5;;/h5,10H,1-4H2,(H,11,12,13);2*1H. The lowest BCUT2D eigenvalue weighted by atomic mass is 10.2. The van der Waals surface area contributed by atoms with Crippen molar-refractivity contribution in [1.29, 1.82) is 0 Å². The maximum atomic E-state index is 11.5. The fourth-order valence-electron chi connectivity index (χ4n) is 1.75. The molecular weight excluding hydrogens is 237 g/mol. The van der Waals surface area contributed by atoms with E-state index in [1.165, 1.54) is 12.8 Å². The lowest BCUT2D eigenvalue weighted by Gasteiger charge is -2.00. The van der Waals surface area contributed by atoms with Crippen molar-refractivity contribution in [3.63, 3.8) is 0 Å². The van der Waals surface area contributed by atoms with Crippen LogP contribution in [0.5, 0.6) is 0 Å². The molecule has 1 aromatic rings. The minimum Gasteiger partial charge on any atom is -0.310 e. The Morgan fingerprint density at radius 1 is 1.20 bits per heavy atom. The first-order valence-corrected chi connectivity index (χ1v) is 4.67. The first-order valence-electron chi connectivity index (χ1n) is 4.67. The molecule has 0 aromatic carbocycles. The van der Waals surface area contributed by atoms with Crippen molar-refractivity contribution in [2.24, 2.45) is 0 Å². The molecule has 1 saturated carbocycles. The van der Waals surface area contributed by atoms with Crippen molar-refractivity contribution < 1.29 is 0 Å². The number of nitrogens with one attached hydrogen (secondary N) is 2. The fourth-order valence-corrected chi connectivity index (χ4v) is 1.75. The van der Waals surface area contributed by atoms with Crippen molar-refractivity contribution in [3.05, 3.63) is 27.4 Å². The van der Waals surface area contributed by atoms with Gasteiger partial charge in [-0.05, 0) is 12.8 Å². The number of nitrogens with zero attached hydrogens (tertiary/aromatic N) is 1. The summed E-state index contributed by atoms with van der Waals surface area (Å²) >= 11 is 0. The third kappa shape index (κ3) is 2.17. The predicted octanol–water partition coefficient (Wildman–Crippen LogP) is 1.09. The average molecular weight is 250 g/mol. The van der Waals surface area contributed by atoms with E-state index in [4.69, 9.17) is 0 Å². The zero-order valence-corrected chi connectivity index (χ0v) is 9.71. The summed E-state index contributed by atoms with van der Waals surface area (Å²) in [4.78, 5) is 18.8. The Hall–Kier alpha value is -0.580. The number of hydrogen-bond acceptors (Lipinski definition) is 3. The van der Waals surface area contributed by atoms with Crippen LogP contribution in [0.1, 0.15) is 35.8 Å². The summed E-state index contributed by atoms with van der Waals surface area (Å²) in [6, 6.07) is 0. The highest BCUT2D eigenvalue weighted by Crippen LogP contribution is 2.37. The molecule has 0 unspecified atom stereocenters. The predicted molar refractivity (Wildman–Crippen MR) is 61.9 cm³/mol. The Morgan fingerprint density at radius 3 is 2.60 bits per heavy atom. The monoisotopic (exact) mass is 249 g/mol. The van der Waals surface area contributed by atoms with E-state index >= 15 is 0 Å². The molecule has 1 aliphatic heterocycles. The van der Waals surface area contributed by atoms with Crippen molar-refractivity contribution in [3.8, 4) is 0 Å². The molecule has 1 aromatic heterocycles. The van der Waals surface area contributed by atoms with E-state index in [0.717, 1.165) is 23.6 Å². The summed E-state index contributed by atoms with van der Waals surface area (Å²) in [5.74, 6) is 1.42. The summed E-state index contributed by atoms with van der Waals surface area (Å²) < 4.78 is 0. The molecule has 0 saturated heterocycles. The SMILES string of the molecule is Cl.Cl.O=c1[nH]c(C2CC2)nc2c1CNC2. The number of aromatic nitrogens is 2. The van der Waals surface area contributed by atoms with E-state index < -0.39 is 0 Å². The summed E-state index contributed by atoms with van der Waals surface area (Å²) in [5, 5.41) is 3.13. The van der Waals surface area contributed by atoms with Crippen LogP contribution in [0.4, 0.5) is 0 Å². The molecule has 15 heavy (non-hydrogen) atoms. The second kappa shape index (κ2) is 4.51.